The van der Waals surface area contributed by atoms with E-state index in [1.165, 1.54) is 11.1 Å². The zero-order valence-electron chi connectivity index (χ0n) is 15.6. The summed E-state index contributed by atoms with van der Waals surface area (Å²) in [5.41, 5.74) is 3.53. The molecule has 140 valence electrons. The molecule has 2 heterocycles. The minimum atomic E-state index is 0.120. The fourth-order valence-corrected chi connectivity index (χ4v) is 4.29. The van der Waals surface area contributed by atoms with E-state index in [1.807, 2.05) is 35.2 Å². The summed E-state index contributed by atoms with van der Waals surface area (Å²) in [6.45, 7) is 3.58. The van der Waals surface area contributed by atoms with Crippen LogP contribution in [-0.2, 0) is 11.2 Å². The van der Waals surface area contributed by atoms with Crippen molar-refractivity contribution >= 4 is 11.7 Å². The van der Waals surface area contributed by atoms with Gasteiger partial charge in [-0.2, -0.15) is 0 Å². The van der Waals surface area contributed by atoms with Gasteiger partial charge in [-0.25, -0.2) is 0 Å². The predicted octanol–water partition coefficient (Wildman–Crippen LogP) is 3.48. The third-order valence-electron chi connectivity index (χ3n) is 5.82. The maximum absolute atomic E-state index is 12.7. The van der Waals surface area contributed by atoms with Gasteiger partial charge in [-0.05, 0) is 24.0 Å². The van der Waals surface area contributed by atoms with Crippen LogP contribution in [0, 0.1) is 0 Å². The summed E-state index contributed by atoms with van der Waals surface area (Å²) in [5, 5.41) is 0. The van der Waals surface area contributed by atoms with Crippen molar-refractivity contribution in [1.82, 2.24) is 9.80 Å². The van der Waals surface area contributed by atoms with Gasteiger partial charge in [0.05, 0.1) is 6.04 Å². The molecule has 0 N–H and O–H groups in total. The number of hydrogen-bond acceptors (Lipinski definition) is 3. The molecule has 2 aromatic rings. The van der Waals surface area contributed by atoms with Crippen molar-refractivity contribution in [2.24, 2.45) is 0 Å². The second kappa shape index (κ2) is 8.05. The molecule has 1 saturated heterocycles. The number of piperazine rings is 1. The SMILES string of the molecule is O=C(CCCC(=O)N1CCN2CCc3ccccc3C2C1)c1ccccc1. The molecule has 27 heavy (non-hydrogen) atoms. The van der Waals surface area contributed by atoms with Gasteiger partial charge in [-0.3, -0.25) is 14.5 Å². The molecule has 0 saturated carbocycles. The maximum atomic E-state index is 12.7. The molecule has 1 amide bonds. The van der Waals surface area contributed by atoms with E-state index < -0.39 is 0 Å². The largest absolute Gasteiger partial charge is 0.339 e. The molecule has 0 aromatic heterocycles. The Hall–Kier alpha value is -2.46. The van der Waals surface area contributed by atoms with Crippen LogP contribution in [0.3, 0.4) is 0 Å². The van der Waals surface area contributed by atoms with Gasteiger partial charge in [0.1, 0.15) is 0 Å². The van der Waals surface area contributed by atoms with Crippen molar-refractivity contribution in [3.8, 4) is 0 Å². The zero-order valence-corrected chi connectivity index (χ0v) is 15.6. The second-order valence-corrected chi connectivity index (χ2v) is 7.48. The van der Waals surface area contributed by atoms with Crippen molar-refractivity contribution in [2.75, 3.05) is 26.2 Å². The van der Waals surface area contributed by atoms with Gasteiger partial charge in [-0.1, -0.05) is 54.6 Å². The molecule has 1 fully saturated rings. The average Bonchev–Trinajstić information content (AvgIpc) is 2.73. The average molecular weight is 362 g/mol. The highest BCUT2D eigenvalue weighted by Crippen LogP contribution is 2.32. The maximum Gasteiger partial charge on any atom is 0.222 e. The fourth-order valence-electron chi connectivity index (χ4n) is 4.29. The molecule has 4 heteroatoms. The Morgan fingerprint density at radius 1 is 0.889 bits per heavy atom. The highest BCUT2D eigenvalue weighted by molar-refractivity contribution is 5.96. The number of amides is 1. The number of carbonyl (C=O) groups is 2. The quantitative estimate of drug-likeness (QED) is 0.765. The molecule has 1 unspecified atom stereocenters. The van der Waals surface area contributed by atoms with E-state index in [0.29, 0.717) is 25.3 Å². The molecule has 0 spiro atoms. The molecular formula is C23H26N2O2. The minimum absolute atomic E-state index is 0.120. The number of carbonyl (C=O) groups excluding carboxylic acids is 2. The number of rotatable bonds is 5. The molecule has 4 rings (SSSR count). The summed E-state index contributed by atoms with van der Waals surface area (Å²) in [6, 6.07) is 18.3. The van der Waals surface area contributed by atoms with Gasteiger partial charge in [0, 0.05) is 44.6 Å². The molecule has 2 aromatic carbocycles. The number of nitrogens with zero attached hydrogens (tertiary/aromatic N) is 2. The van der Waals surface area contributed by atoms with Crippen molar-refractivity contribution in [3.63, 3.8) is 0 Å². The van der Waals surface area contributed by atoms with Gasteiger partial charge in [0.15, 0.2) is 5.78 Å². The van der Waals surface area contributed by atoms with E-state index in [4.69, 9.17) is 0 Å². The van der Waals surface area contributed by atoms with Crippen LogP contribution >= 0.6 is 0 Å². The topological polar surface area (TPSA) is 40.6 Å². The van der Waals surface area contributed by atoms with Crippen LogP contribution in [0.15, 0.2) is 54.6 Å². The second-order valence-electron chi connectivity index (χ2n) is 7.48. The Labute approximate surface area is 160 Å². The Morgan fingerprint density at radius 2 is 1.67 bits per heavy atom. The van der Waals surface area contributed by atoms with Gasteiger partial charge >= 0.3 is 0 Å². The fraction of sp³-hybridized carbons (Fsp3) is 0.391. The molecule has 2 aliphatic rings. The predicted molar refractivity (Wildman–Crippen MR) is 106 cm³/mol. The highest BCUT2D eigenvalue weighted by atomic mass is 16.2. The first-order valence-electron chi connectivity index (χ1n) is 9.90. The van der Waals surface area contributed by atoms with Crippen molar-refractivity contribution in [1.29, 1.82) is 0 Å². The lowest BCUT2D eigenvalue weighted by atomic mass is 9.91. The minimum Gasteiger partial charge on any atom is -0.339 e. The lowest BCUT2D eigenvalue weighted by Gasteiger charge is -2.45. The first-order chi connectivity index (χ1) is 13.2. The molecule has 2 aliphatic heterocycles. The lowest BCUT2D eigenvalue weighted by Crippen LogP contribution is -2.52. The van der Waals surface area contributed by atoms with Crippen LogP contribution in [0.1, 0.15) is 46.8 Å². The first kappa shape index (κ1) is 17.9. The molecule has 0 radical (unpaired) electrons. The van der Waals surface area contributed by atoms with E-state index >= 15 is 0 Å². The Bertz CT molecular complexity index is 818. The summed E-state index contributed by atoms with van der Waals surface area (Å²) in [7, 11) is 0. The summed E-state index contributed by atoms with van der Waals surface area (Å²) in [4.78, 5) is 29.4. The number of Topliss-reactive ketones (excluding diaryl/α,β-unsaturated/α-hetero) is 1. The van der Waals surface area contributed by atoms with Crippen LogP contribution < -0.4 is 0 Å². The van der Waals surface area contributed by atoms with Gasteiger partial charge in [0.25, 0.3) is 0 Å². The highest BCUT2D eigenvalue weighted by Gasteiger charge is 2.33. The number of fused-ring (bicyclic) bond motifs is 3. The molecule has 0 aliphatic carbocycles. The smallest absolute Gasteiger partial charge is 0.222 e. The van der Waals surface area contributed by atoms with Crippen LogP contribution in [-0.4, -0.2) is 47.7 Å². The Morgan fingerprint density at radius 3 is 2.52 bits per heavy atom. The molecule has 0 bridgehead atoms. The summed E-state index contributed by atoms with van der Waals surface area (Å²) < 4.78 is 0. The molecule has 1 atom stereocenters. The third kappa shape index (κ3) is 3.96. The Kier molecular flexibility index (Phi) is 5.35. The summed E-state index contributed by atoms with van der Waals surface area (Å²) in [5.74, 6) is 0.299. The first-order valence-corrected chi connectivity index (χ1v) is 9.90. The number of ketones is 1. The van der Waals surface area contributed by atoms with E-state index in [9.17, 15) is 9.59 Å². The third-order valence-corrected chi connectivity index (χ3v) is 5.82. The van der Waals surface area contributed by atoms with Crippen LogP contribution in [0.25, 0.3) is 0 Å². The number of hydrogen-bond donors (Lipinski definition) is 0. The van der Waals surface area contributed by atoms with Crippen molar-refractivity contribution in [3.05, 3.63) is 71.3 Å². The van der Waals surface area contributed by atoms with E-state index in [2.05, 4.69) is 29.2 Å². The van der Waals surface area contributed by atoms with Gasteiger partial charge < -0.3 is 4.90 Å². The van der Waals surface area contributed by atoms with Crippen LogP contribution in [0.5, 0.6) is 0 Å². The summed E-state index contributed by atoms with van der Waals surface area (Å²) >= 11 is 0. The van der Waals surface area contributed by atoms with E-state index in [0.717, 1.165) is 38.2 Å². The summed E-state index contributed by atoms with van der Waals surface area (Å²) in [6.07, 6.45) is 2.60. The monoisotopic (exact) mass is 362 g/mol. The van der Waals surface area contributed by atoms with Gasteiger partial charge in [-0.15, -0.1) is 0 Å². The zero-order chi connectivity index (χ0) is 18.6. The van der Waals surface area contributed by atoms with Crippen molar-refractivity contribution in [2.45, 2.75) is 31.7 Å². The van der Waals surface area contributed by atoms with Crippen molar-refractivity contribution < 1.29 is 9.59 Å². The molecular weight excluding hydrogens is 336 g/mol. The molecule has 4 nitrogen and oxygen atoms in total. The van der Waals surface area contributed by atoms with E-state index in [-0.39, 0.29) is 11.7 Å². The van der Waals surface area contributed by atoms with E-state index in [1.54, 1.807) is 0 Å². The normalized spacial score (nSPS) is 19.3. The van der Waals surface area contributed by atoms with Crippen LogP contribution in [0.2, 0.25) is 0 Å². The van der Waals surface area contributed by atoms with Crippen LogP contribution in [0.4, 0.5) is 0 Å². The Balaban J connectivity index is 1.32. The number of benzene rings is 2. The standard InChI is InChI=1S/C23H26N2O2/c26-22(19-8-2-1-3-9-19)11-6-12-23(27)25-16-15-24-14-13-18-7-4-5-10-20(18)21(24)17-25/h1-5,7-10,21H,6,11-17H2. The lowest BCUT2D eigenvalue weighted by molar-refractivity contribution is -0.134. The van der Waals surface area contributed by atoms with Gasteiger partial charge in [0.2, 0.25) is 5.91 Å².